The lowest BCUT2D eigenvalue weighted by Crippen LogP contribution is -2.27. The summed E-state index contributed by atoms with van der Waals surface area (Å²) in [5.41, 5.74) is 0.920. The molecule has 3 aromatic heterocycles. The van der Waals surface area contributed by atoms with E-state index in [2.05, 4.69) is 25.3 Å². The van der Waals surface area contributed by atoms with E-state index in [1.807, 2.05) is 13.8 Å². The highest BCUT2D eigenvalue weighted by atomic mass is 19.3. The normalized spacial score (nSPS) is 15.6. The van der Waals surface area contributed by atoms with E-state index in [0.717, 1.165) is 0 Å². The van der Waals surface area contributed by atoms with Gasteiger partial charge in [0.05, 0.1) is 29.6 Å². The summed E-state index contributed by atoms with van der Waals surface area (Å²) >= 11 is 0. The van der Waals surface area contributed by atoms with Crippen molar-refractivity contribution in [2.75, 3.05) is 23.3 Å². The van der Waals surface area contributed by atoms with E-state index in [-0.39, 0.29) is 41.8 Å². The average molecular weight is 414 g/mol. The first-order valence-corrected chi connectivity index (χ1v) is 9.49. The lowest BCUT2D eigenvalue weighted by Gasteiger charge is -2.22. The highest BCUT2D eigenvalue weighted by Crippen LogP contribution is 2.38. The third-order valence-corrected chi connectivity index (χ3v) is 4.75. The van der Waals surface area contributed by atoms with Crippen molar-refractivity contribution in [3.05, 3.63) is 48.5 Å². The zero-order valence-corrected chi connectivity index (χ0v) is 16.5. The predicted octanol–water partition coefficient (Wildman–Crippen LogP) is 3.75. The number of amides is 1. The van der Waals surface area contributed by atoms with Crippen LogP contribution in [0.5, 0.6) is 0 Å². The summed E-state index contributed by atoms with van der Waals surface area (Å²) in [5.74, 6) is -2.09. The maximum Gasteiger partial charge on any atom is 0.266 e. The van der Waals surface area contributed by atoms with Gasteiger partial charge in [-0.15, -0.1) is 0 Å². The molecule has 0 bridgehead atoms. The van der Waals surface area contributed by atoms with Gasteiger partial charge in [-0.3, -0.25) is 4.79 Å². The third-order valence-electron chi connectivity index (χ3n) is 4.75. The van der Waals surface area contributed by atoms with Gasteiger partial charge < -0.3 is 14.6 Å². The summed E-state index contributed by atoms with van der Waals surface area (Å²) < 4.78 is 33.0. The van der Waals surface area contributed by atoms with E-state index in [1.165, 1.54) is 36.0 Å². The Morgan fingerprint density at radius 2 is 1.97 bits per heavy atom. The van der Waals surface area contributed by atoms with Crippen molar-refractivity contribution in [2.45, 2.75) is 32.1 Å². The number of nitrogens with zero attached hydrogens (tertiary/aromatic N) is 5. The lowest BCUT2D eigenvalue weighted by molar-refractivity contribution is 0.0257. The maximum absolute atomic E-state index is 13.8. The molecule has 0 unspecified atom stereocenters. The van der Waals surface area contributed by atoms with Crippen molar-refractivity contribution in [3.63, 3.8) is 0 Å². The number of carbonyl (C=O) groups is 1. The highest BCUT2D eigenvalue weighted by Gasteiger charge is 2.40. The van der Waals surface area contributed by atoms with Crippen molar-refractivity contribution in [3.8, 4) is 11.5 Å². The molecule has 156 valence electrons. The Morgan fingerprint density at radius 1 is 1.20 bits per heavy atom. The molecule has 4 rings (SSSR count). The number of aromatic nitrogens is 4. The first-order chi connectivity index (χ1) is 14.3. The van der Waals surface area contributed by atoms with Crippen LogP contribution < -0.4 is 10.2 Å². The van der Waals surface area contributed by atoms with Crippen molar-refractivity contribution in [1.82, 2.24) is 19.9 Å². The Morgan fingerprint density at radius 3 is 2.57 bits per heavy atom. The Labute approximate surface area is 171 Å². The monoisotopic (exact) mass is 414 g/mol. The van der Waals surface area contributed by atoms with Crippen LogP contribution in [0.4, 0.5) is 20.3 Å². The smallest absolute Gasteiger partial charge is 0.266 e. The zero-order chi connectivity index (χ0) is 21.3. The molecule has 0 aromatic carbocycles. The fraction of sp³-hybridized carbons (Fsp3) is 0.350. The molecule has 0 saturated carbocycles. The van der Waals surface area contributed by atoms with E-state index in [9.17, 15) is 13.6 Å². The Kier molecular flexibility index (Phi) is 5.15. The van der Waals surface area contributed by atoms with Crippen LogP contribution in [0.25, 0.3) is 11.5 Å². The molecule has 1 aliphatic heterocycles. The number of hydrogen-bond donors (Lipinski definition) is 1. The summed E-state index contributed by atoms with van der Waals surface area (Å²) in [6, 6.07) is 1.61. The minimum absolute atomic E-state index is 0.115. The topological polar surface area (TPSA) is 97.0 Å². The summed E-state index contributed by atoms with van der Waals surface area (Å²) in [7, 11) is 0. The summed E-state index contributed by atoms with van der Waals surface area (Å²) in [6.07, 6.45) is 6.91. The van der Waals surface area contributed by atoms with E-state index in [1.54, 1.807) is 6.07 Å². The molecule has 0 spiro atoms. The average Bonchev–Trinajstić information content (AvgIpc) is 3.37. The molecule has 3 aromatic rings. The lowest BCUT2D eigenvalue weighted by atomic mass is 10.1. The molecule has 8 nitrogen and oxygen atoms in total. The van der Waals surface area contributed by atoms with Crippen molar-refractivity contribution < 1.29 is 18.0 Å². The largest absolute Gasteiger partial charge is 0.444 e. The molecule has 1 saturated heterocycles. The highest BCUT2D eigenvalue weighted by molar-refractivity contribution is 6.07. The zero-order valence-electron chi connectivity index (χ0n) is 16.5. The van der Waals surface area contributed by atoms with Gasteiger partial charge >= 0.3 is 0 Å². The predicted molar refractivity (Wildman–Crippen MR) is 106 cm³/mol. The minimum atomic E-state index is -2.82. The van der Waals surface area contributed by atoms with Gasteiger partial charge in [0.1, 0.15) is 12.1 Å². The summed E-state index contributed by atoms with van der Waals surface area (Å²) in [6.45, 7) is 3.53. The standard InChI is InChI=1S/C20H20F2N6O2/c1-12(2)16-25-9-13(10-26-16)18(29)27-15-14(19-24-6-8-30-19)3-5-23-17(15)28-7-4-20(21,22)11-28/h3,5-6,8-10,12H,4,7,11H2,1-2H3,(H,27,29). The molecule has 1 amide bonds. The molecule has 30 heavy (non-hydrogen) atoms. The van der Waals surface area contributed by atoms with Crippen molar-refractivity contribution >= 4 is 17.4 Å². The molecule has 1 fully saturated rings. The summed E-state index contributed by atoms with van der Waals surface area (Å²) in [5, 5.41) is 2.77. The van der Waals surface area contributed by atoms with Gasteiger partial charge in [0.25, 0.3) is 11.8 Å². The first kappa shape index (κ1) is 19.9. The van der Waals surface area contributed by atoms with Crippen LogP contribution in [0.15, 0.2) is 41.5 Å². The number of carbonyl (C=O) groups excluding carboxylic acids is 1. The number of alkyl halides is 2. The van der Waals surface area contributed by atoms with Crippen LogP contribution in [0, 0.1) is 0 Å². The Bertz CT molecular complexity index is 1040. The van der Waals surface area contributed by atoms with Crippen molar-refractivity contribution in [1.29, 1.82) is 0 Å². The first-order valence-electron chi connectivity index (χ1n) is 9.49. The molecule has 0 atom stereocenters. The summed E-state index contributed by atoms with van der Waals surface area (Å²) in [4.78, 5) is 31.1. The number of rotatable bonds is 5. The fourth-order valence-electron chi connectivity index (χ4n) is 3.20. The number of anilines is 2. The number of pyridine rings is 1. The van der Waals surface area contributed by atoms with Gasteiger partial charge in [-0.2, -0.15) is 0 Å². The number of hydrogen-bond acceptors (Lipinski definition) is 7. The molecule has 10 heteroatoms. The fourth-order valence-corrected chi connectivity index (χ4v) is 3.20. The Balaban J connectivity index is 1.70. The van der Waals surface area contributed by atoms with Gasteiger partial charge in [-0.25, -0.2) is 28.7 Å². The molecule has 0 radical (unpaired) electrons. The maximum atomic E-state index is 13.8. The van der Waals surface area contributed by atoms with Gasteiger partial charge in [0.2, 0.25) is 5.89 Å². The van der Waals surface area contributed by atoms with Gasteiger partial charge in [-0.05, 0) is 6.07 Å². The van der Waals surface area contributed by atoms with Crippen LogP contribution in [0.2, 0.25) is 0 Å². The number of halogens is 2. The van der Waals surface area contributed by atoms with Crippen LogP contribution in [0.1, 0.15) is 42.4 Å². The second-order valence-electron chi connectivity index (χ2n) is 7.36. The van der Waals surface area contributed by atoms with E-state index >= 15 is 0 Å². The molecular weight excluding hydrogens is 394 g/mol. The van der Waals surface area contributed by atoms with Gasteiger partial charge in [0, 0.05) is 37.5 Å². The van der Waals surface area contributed by atoms with Crippen LogP contribution in [0.3, 0.4) is 0 Å². The van der Waals surface area contributed by atoms with Gasteiger partial charge in [-0.1, -0.05) is 13.8 Å². The second kappa shape index (κ2) is 7.77. The van der Waals surface area contributed by atoms with Crippen LogP contribution in [-0.4, -0.2) is 44.9 Å². The minimum Gasteiger partial charge on any atom is -0.444 e. The SMILES string of the molecule is CC(C)c1ncc(C(=O)Nc2c(-c3ncco3)ccnc2N2CCC(F)(F)C2)cn1. The van der Waals surface area contributed by atoms with E-state index in [0.29, 0.717) is 11.4 Å². The number of oxazole rings is 1. The molecule has 4 heterocycles. The molecular formula is C20H20F2N6O2. The van der Waals surface area contributed by atoms with E-state index in [4.69, 9.17) is 4.42 Å². The second-order valence-corrected chi connectivity index (χ2v) is 7.36. The Hall–Kier alpha value is -3.43. The van der Waals surface area contributed by atoms with E-state index < -0.39 is 18.4 Å². The molecule has 0 aliphatic carbocycles. The van der Waals surface area contributed by atoms with Gasteiger partial charge in [0.15, 0.2) is 5.82 Å². The van der Waals surface area contributed by atoms with Crippen LogP contribution >= 0.6 is 0 Å². The molecule has 1 aliphatic rings. The quantitative estimate of drug-likeness (QED) is 0.679. The van der Waals surface area contributed by atoms with Crippen molar-refractivity contribution in [2.24, 2.45) is 0 Å². The third kappa shape index (κ3) is 3.98. The molecule has 1 N–H and O–H groups in total. The number of nitrogens with one attached hydrogen (secondary N) is 1. The van der Waals surface area contributed by atoms with Crippen LogP contribution in [-0.2, 0) is 0 Å².